The van der Waals surface area contributed by atoms with E-state index in [4.69, 9.17) is 23.7 Å². The number of rotatable bonds is 8. The molecule has 0 N–H and O–H groups in total. The van der Waals surface area contributed by atoms with E-state index in [1.54, 1.807) is 0 Å². The van der Waals surface area contributed by atoms with Crippen molar-refractivity contribution < 1.29 is 23.7 Å². The molecule has 5 nitrogen and oxygen atoms in total. The molecule has 1 saturated heterocycles. The normalized spacial score (nSPS) is 30.2. The Morgan fingerprint density at radius 2 is 1.74 bits per heavy atom. The quantitative estimate of drug-likeness (QED) is 0.502. The number of hydrogen-bond donors (Lipinski definition) is 0. The highest BCUT2D eigenvalue weighted by atomic mass is 16.9. The Bertz CT molecular complexity index is 271. The molecule has 0 spiro atoms. The average molecular weight is 274 g/mol. The molecule has 2 atom stereocenters. The van der Waals surface area contributed by atoms with E-state index < -0.39 is 11.8 Å². The second-order valence-corrected chi connectivity index (χ2v) is 4.21. The van der Waals surface area contributed by atoms with Crippen LogP contribution in [0, 0.1) is 5.92 Å². The predicted molar refractivity (Wildman–Crippen MR) is 71.6 cm³/mol. The molecule has 0 aliphatic carbocycles. The SMILES string of the molecule is C=CC1CCOC(OC)(OCC)C1(OCC)OCC. The fourth-order valence-electron chi connectivity index (χ4n) is 2.56. The number of hydrogen-bond acceptors (Lipinski definition) is 5. The van der Waals surface area contributed by atoms with Gasteiger partial charge in [0.05, 0.1) is 6.61 Å². The Kier molecular flexibility index (Phi) is 6.42. The van der Waals surface area contributed by atoms with E-state index in [2.05, 4.69) is 6.58 Å². The zero-order valence-corrected chi connectivity index (χ0v) is 12.4. The third-order valence-corrected chi connectivity index (χ3v) is 3.24. The molecule has 1 fully saturated rings. The summed E-state index contributed by atoms with van der Waals surface area (Å²) in [5, 5.41) is 0. The van der Waals surface area contributed by atoms with Crippen molar-refractivity contribution in [3.05, 3.63) is 12.7 Å². The maximum atomic E-state index is 5.91. The lowest BCUT2D eigenvalue weighted by atomic mass is 9.90. The Labute approximate surface area is 115 Å². The molecule has 2 unspecified atom stereocenters. The van der Waals surface area contributed by atoms with Crippen LogP contribution in [0.15, 0.2) is 12.7 Å². The first-order chi connectivity index (χ1) is 9.16. The maximum absolute atomic E-state index is 5.91. The lowest BCUT2D eigenvalue weighted by Gasteiger charge is -2.52. The van der Waals surface area contributed by atoms with E-state index >= 15 is 0 Å². The summed E-state index contributed by atoms with van der Waals surface area (Å²) < 4.78 is 28.8. The highest BCUT2D eigenvalue weighted by Crippen LogP contribution is 2.45. The van der Waals surface area contributed by atoms with Crippen molar-refractivity contribution in [2.45, 2.75) is 39.0 Å². The van der Waals surface area contributed by atoms with E-state index in [0.29, 0.717) is 26.4 Å². The predicted octanol–water partition coefficient (Wildman–Crippen LogP) is 2.31. The summed E-state index contributed by atoms with van der Waals surface area (Å²) in [5.74, 6) is -2.54. The summed E-state index contributed by atoms with van der Waals surface area (Å²) in [6.45, 7) is 11.4. The minimum Gasteiger partial charge on any atom is -0.343 e. The molecule has 1 aliphatic rings. The van der Waals surface area contributed by atoms with Crippen LogP contribution in [0.5, 0.6) is 0 Å². The van der Waals surface area contributed by atoms with Gasteiger partial charge in [-0.1, -0.05) is 6.08 Å². The zero-order valence-electron chi connectivity index (χ0n) is 12.4. The van der Waals surface area contributed by atoms with E-state index in [-0.39, 0.29) is 5.92 Å². The summed E-state index contributed by atoms with van der Waals surface area (Å²) in [7, 11) is 1.54. The van der Waals surface area contributed by atoms with Gasteiger partial charge in [0, 0.05) is 32.8 Å². The molecule has 1 aliphatic heterocycles. The summed E-state index contributed by atoms with van der Waals surface area (Å²) in [4.78, 5) is 0. The summed E-state index contributed by atoms with van der Waals surface area (Å²) >= 11 is 0. The molecule has 1 rings (SSSR count). The summed E-state index contributed by atoms with van der Waals surface area (Å²) in [6, 6.07) is 0. The van der Waals surface area contributed by atoms with Gasteiger partial charge in [0.15, 0.2) is 0 Å². The van der Waals surface area contributed by atoms with Gasteiger partial charge in [-0.3, -0.25) is 0 Å². The minimum absolute atomic E-state index is 0.0624. The lowest BCUT2D eigenvalue weighted by Crippen LogP contribution is -2.68. The molecule has 0 aromatic rings. The van der Waals surface area contributed by atoms with Gasteiger partial charge < -0.3 is 23.7 Å². The van der Waals surface area contributed by atoms with Crippen molar-refractivity contribution in [3.63, 3.8) is 0 Å². The summed E-state index contributed by atoms with van der Waals surface area (Å²) in [5.41, 5.74) is 0. The minimum atomic E-state index is -1.36. The molecule has 5 heteroatoms. The Morgan fingerprint density at radius 1 is 1.16 bits per heavy atom. The van der Waals surface area contributed by atoms with E-state index in [1.165, 1.54) is 7.11 Å². The van der Waals surface area contributed by atoms with Crippen LogP contribution < -0.4 is 0 Å². The van der Waals surface area contributed by atoms with Gasteiger partial charge in [0.2, 0.25) is 0 Å². The third kappa shape index (κ3) is 2.85. The molecule has 1 heterocycles. The van der Waals surface area contributed by atoms with E-state index in [9.17, 15) is 0 Å². The highest BCUT2D eigenvalue weighted by molar-refractivity contribution is 5.00. The summed E-state index contributed by atoms with van der Waals surface area (Å²) in [6.07, 6.45) is 2.57. The topological polar surface area (TPSA) is 46.2 Å². The van der Waals surface area contributed by atoms with Crippen molar-refractivity contribution in [2.75, 3.05) is 33.5 Å². The Balaban J connectivity index is 3.23. The molecular formula is C14H26O5. The lowest BCUT2D eigenvalue weighted by molar-refractivity contribution is -0.513. The smallest absolute Gasteiger partial charge is 0.341 e. The van der Waals surface area contributed by atoms with Crippen molar-refractivity contribution in [3.8, 4) is 0 Å². The first kappa shape index (κ1) is 16.6. The van der Waals surface area contributed by atoms with Crippen LogP contribution in [-0.2, 0) is 23.7 Å². The van der Waals surface area contributed by atoms with Gasteiger partial charge in [-0.2, -0.15) is 0 Å². The molecule has 0 bridgehead atoms. The van der Waals surface area contributed by atoms with Gasteiger partial charge in [-0.15, -0.1) is 6.58 Å². The zero-order chi connectivity index (χ0) is 14.4. The van der Waals surface area contributed by atoms with Gasteiger partial charge in [0.25, 0.3) is 5.79 Å². The fourth-order valence-corrected chi connectivity index (χ4v) is 2.56. The van der Waals surface area contributed by atoms with Crippen LogP contribution in [0.3, 0.4) is 0 Å². The number of methoxy groups -OCH3 is 1. The second kappa shape index (κ2) is 7.36. The molecule has 19 heavy (non-hydrogen) atoms. The van der Waals surface area contributed by atoms with E-state index in [1.807, 2.05) is 26.8 Å². The molecule has 0 saturated carbocycles. The van der Waals surface area contributed by atoms with Crippen molar-refractivity contribution in [1.82, 2.24) is 0 Å². The largest absolute Gasteiger partial charge is 0.343 e. The molecule has 0 radical (unpaired) electrons. The van der Waals surface area contributed by atoms with Gasteiger partial charge in [-0.05, 0) is 27.2 Å². The molecule has 0 aromatic carbocycles. The van der Waals surface area contributed by atoms with Crippen LogP contribution in [0.25, 0.3) is 0 Å². The first-order valence-electron chi connectivity index (χ1n) is 6.89. The molecular weight excluding hydrogens is 248 g/mol. The Morgan fingerprint density at radius 3 is 2.16 bits per heavy atom. The fraction of sp³-hybridized carbons (Fsp3) is 0.857. The number of ether oxygens (including phenoxy) is 5. The van der Waals surface area contributed by atoms with Gasteiger partial charge in [0.1, 0.15) is 0 Å². The van der Waals surface area contributed by atoms with Crippen LogP contribution in [0.1, 0.15) is 27.2 Å². The Hall–Kier alpha value is -0.460. The van der Waals surface area contributed by atoms with Crippen LogP contribution >= 0.6 is 0 Å². The van der Waals surface area contributed by atoms with Gasteiger partial charge >= 0.3 is 5.97 Å². The van der Waals surface area contributed by atoms with Crippen molar-refractivity contribution in [2.24, 2.45) is 5.92 Å². The molecule has 112 valence electrons. The van der Waals surface area contributed by atoms with E-state index in [0.717, 1.165) is 6.42 Å². The third-order valence-electron chi connectivity index (χ3n) is 3.24. The second-order valence-electron chi connectivity index (χ2n) is 4.21. The van der Waals surface area contributed by atoms with Crippen LogP contribution in [-0.4, -0.2) is 45.3 Å². The molecule has 0 amide bonds. The maximum Gasteiger partial charge on any atom is 0.341 e. The van der Waals surface area contributed by atoms with Crippen LogP contribution in [0.2, 0.25) is 0 Å². The first-order valence-corrected chi connectivity index (χ1v) is 6.89. The average Bonchev–Trinajstić information content (AvgIpc) is 2.42. The van der Waals surface area contributed by atoms with Crippen molar-refractivity contribution >= 4 is 0 Å². The van der Waals surface area contributed by atoms with Gasteiger partial charge in [-0.25, -0.2) is 0 Å². The van der Waals surface area contributed by atoms with Crippen molar-refractivity contribution in [1.29, 1.82) is 0 Å². The standard InChI is InChI=1S/C14H26O5/c1-6-12-10-11-19-14(15-5,18-9-4)13(12,16-7-2)17-8-3/h6,12H,1,7-11H2,2-5H3. The monoisotopic (exact) mass is 274 g/mol. The highest BCUT2D eigenvalue weighted by Gasteiger charge is 2.63. The molecule has 0 aromatic heterocycles. The van der Waals surface area contributed by atoms with Crippen LogP contribution in [0.4, 0.5) is 0 Å².